The van der Waals surface area contributed by atoms with E-state index in [1.807, 2.05) is 0 Å². The number of benzene rings is 2. The summed E-state index contributed by atoms with van der Waals surface area (Å²) < 4.78 is 22.5. The molecule has 2 saturated heterocycles. The highest BCUT2D eigenvalue weighted by molar-refractivity contribution is 5.64. The molecule has 0 saturated carbocycles. The number of unbranched alkanes of at least 4 members (excludes halogenated alkanes) is 6. The van der Waals surface area contributed by atoms with E-state index in [1.54, 1.807) is 0 Å². The number of hydrogen-bond acceptors (Lipinski definition) is 4. The molecule has 0 aromatic heterocycles. The molecular weight excluding hydrogens is 424 g/mol. The van der Waals surface area contributed by atoms with Crippen LogP contribution in [0.5, 0.6) is 5.75 Å². The molecule has 186 valence electrons. The zero-order valence-electron chi connectivity index (χ0n) is 20.9. The van der Waals surface area contributed by atoms with E-state index in [4.69, 9.17) is 18.9 Å². The van der Waals surface area contributed by atoms with E-state index in [-0.39, 0.29) is 6.10 Å². The Kier molecular flexibility index (Phi) is 10.3. The van der Waals surface area contributed by atoms with Crippen LogP contribution in [0.1, 0.15) is 82.8 Å². The highest BCUT2D eigenvalue weighted by Crippen LogP contribution is 2.26. The molecule has 0 aliphatic carbocycles. The van der Waals surface area contributed by atoms with Crippen LogP contribution in [0.25, 0.3) is 11.1 Å². The van der Waals surface area contributed by atoms with Crippen LogP contribution in [-0.4, -0.2) is 38.6 Å². The van der Waals surface area contributed by atoms with Gasteiger partial charge in [-0.05, 0) is 61.4 Å². The maximum absolute atomic E-state index is 6.06. The Bertz CT molecular complexity index is 809. The fourth-order valence-electron chi connectivity index (χ4n) is 4.36. The first-order valence-corrected chi connectivity index (χ1v) is 13.5. The van der Waals surface area contributed by atoms with Crippen molar-refractivity contribution in [1.29, 1.82) is 0 Å². The first-order valence-electron chi connectivity index (χ1n) is 13.5. The van der Waals surface area contributed by atoms with Crippen LogP contribution in [0.2, 0.25) is 0 Å². The average Bonchev–Trinajstić information content (AvgIpc) is 3.79. The molecule has 3 atom stereocenters. The van der Waals surface area contributed by atoms with Crippen LogP contribution in [0.4, 0.5) is 0 Å². The monoisotopic (exact) mass is 466 g/mol. The van der Waals surface area contributed by atoms with Gasteiger partial charge in [-0.15, -0.1) is 0 Å². The maximum atomic E-state index is 6.06. The van der Waals surface area contributed by atoms with E-state index >= 15 is 0 Å². The van der Waals surface area contributed by atoms with Crippen LogP contribution < -0.4 is 4.74 Å². The fraction of sp³-hybridized carbons (Fsp3) is 0.600. The van der Waals surface area contributed by atoms with Gasteiger partial charge in [-0.2, -0.15) is 0 Å². The van der Waals surface area contributed by atoms with Crippen molar-refractivity contribution in [3.05, 3.63) is 54.1 Å². The van der Waals surface area contributed by atoms with Crippen molar-refractivity contribution in [2.75, 3.05) is 26.4 Å². The van der Waals surface area contributed by atoms with Crippen LogP contribution in [0.3, 0.4) is 0 Å². The van der Waals surface area contributed by atoms with E-state index in [0.717, 1.165) is 45.0 Å². The molecular formula is C30H42O4. The molecule has 2 aromatic rings. The van der Waals surface area contributed by atoms with E-state index < -0.39 is 0 Å². The van der Waals surface area contributed by atoms with Gasteiger partial charge in [0.15, 0.2) is 0 Å². The third-order valence-corrected chi connectivity index (χ3v) is 6.85. The van der Waals surface area contributed by atoms with Crippen LogP contribution >= 0.6 is 0 Å². The second-order valence-electron chi connectivity index (χ2n) is 9.82. The Morgan fingerprint density at radius 3 is 1.74 bits per heavy atom. The molecule has 2 aliphatic heterocycles. The van der Waals surface area contributed by atoms with Crippen molar-refractivity contribution in [2.24, 2.45) is 0 Å². The smallest absolute Gasteiger partial charge is 0.119 e. The van der Waals surface area contributed by atoms with Crippen molar-refractivity contribution in [1.82, 2.24) is 0 Å². The van der Waals surface area contributed by atoms with Gasteiger partial charge in [-0.1, -0.05) is 74.9 Å². The van der Waals surface area contributed by atoms with Crippen molar-refractivity contribution in [3.8, 4) is 16.9 Å². The quantitative estimate of drug-likeness (QED) is 0.168. The van der Waals surface area contributed by atoms with Gasteiger partial charge in [0.2, 0.25) is 0 Å². The Morgan fingerprint density at radius 2 is 1.18 bits per heavy atom. The topological polar surface area (TPSA) is 43.5 Å². The minimum Gasteiger partial charge on any atom is -0.494 e. The van der Waals surface area contributed by atoms with E-state index in [9.17, 15) is 0 Å². The lowest BCUT2D eigenvalue weighted by Crippen LogP contribution is -2.02. The molecule has 3 unspecified atom stereocenters. The van der Waals surface area contributed by atoms with Gasteiger partial charge in [0.05, 0.1) is 38.1 Å². The van der Waals surface area contributed by atoms with E-state index in [1.165, 1.54) is 68.1 Å². The molecule has 2 fully saturated rings. The molecule has 0 amide bonds. The van der Waals surface area contributed by atoms with Crippen LogP contribution in [0.15, 0.2) is 48.5 Å². The molecule has 4 rings (SSSR count). The number of hydrogen-bond donors (Lipinski definition) is 0. The van der Waals surface area contributed by atoms with E-state index in [2.05, 4.69) is 55.5 Å². The van der Waals surface area contributed by atoms with Crippen molar-refractivity contribution < 1.29 is 18.9 Å². The minimum absolute atomic E-state index is 0.131. The van der Waals surface area contributed by atoms with Gasteiger partial charge < -0.3 is 18.9 Å². The minimum atomic E-state index is 0.131. The SMILES string of the molecule is CC(OCCCCCCC1CO1)c1ccc(-c2ccc(OCCCCCCC3CO3)cc2)cc1. The first kappa shape index (κ1) is 25.2. The molecule has 0 radical (unpaired) electrons. The lowest BCUT2D eigenvalue weighted by atomic mass is 10.0. The third kappa shape index (κ3) is 9.40. The van der Waals surface area contributed by atoms with Crippen LogP contribution in [0, 0.1) is 0 Å². The normalized spacial score (nSPS) is 19.7. The maximum Gasteiger partial charge on any atom is 0.119 e. The summed E-state index contributed by atoms with van der Waals surface area (Å²) in [6.45, 7) is 5.74. The van der Waals surface area contributed by atoms with Crippen molar-refractivity contribution in [3.63, 3.8) is 0 Å². The second-order valence-corrected chi connectivity index (χ2v) is 9.82. The molecule has 2 aromatic carbocycles. The number of rotatable bonds is 18. The average molecular weight is 467 g/mol. The highest BCUT2D eigenvalue weighted by atomic mass is 16.6. The Hall–Kier alpha value is -1.88. The molecule has 0 N–H and O–H groups in total. The zero-order chi connectivity index (χ0) is 23.4. The summed E-state index contributed by atoms with van der Waals surface area (Å²) >= 11 is 0. The molecule has 2 aliphatic rings. The van der Waals surface area contributed by atoms with Gasteiger partial charge in [0.1, 0.15) is 5.75 Å². The van der Waals surface area contributed by atoms with Crippen molar-refractivity contribution >= 4 is 0 Å². The summed E-state index contributed by atoms with van der Waals surface area (Å²) in [5.74, 6) is 0.953. The standard InChI is InChI=1S/C30H42O4/c1-24(31-20-8-4-2-6-10-29-22-33-29)25-12-14-26(15-13-25)27-16-18-28(19-17-27)32-21-9-5-3-7-11-30-23-34-30/h12-19,24,29-30H,2-11,20-23H2,1H3. The van der Waals surface area contributed by atoms with Crippen molar-refractivity contribution in [2.45, 2.75) is 89.4 Å². The Balaban J connectivity index is 1.09. The van der Waals surface area contributed by atoms with Gasteiger partial charge in [-0.25, -0.2) is 0 Å². The predicted octanol–water partition coefficient (Wildman–Crippen LogP) is 7.51. The zero-order valence-corrected chi connectivity index (χ0v) is 20.9. The van der Waals surface area contributed by atoms with Crippen LogP contribution in [-0.2, 0) is 14.2 Å². The largest absolute Gasteiger partial charge is 0.494 e. The van der Waals surface area contributed by atoms with Gasteiger partial charge in [0, 0.05) is 6.61 Å². The Labute approximate surface area is 205 Å². The van der Waals surface area contributed by atoms with Gasteiger partial charge >= 0.3 is 0 Å². The van der Waals surface area contributed by atoms with Gasteiger partial charge in [0.25, 0.3) is 0 Å². The lowest BCUT2D eigenvalue weighted by Gasteiger charge is -2.14. The molecule has 0 spiro atoms. The Morgan fingerprint density at radius 1 is 0.676 bits per heavy atom. The first-order chi connectivity index (χ1) is 16.8. The number of epoxide rings is 2. The molecule has 4 nitrogen and oxygen atoms in total. The summed E-state index contributed by atoms with van der Waals surface area (Å²) in [6, 6.07) is 17.2. The summed E-state index contributed by atoms with van der Waals surface area (Å²) in [6.07, 6.45) is 13.6. The summed E-state index contributed by atoms with van der Waals surface area (Å²) in [5.41, 5.74) is 3.67. The lowest BCUT2D eigenvalue weighted by molar-refractivity contribution is 0.0627. The fourth-order valence-corrected chi connectivity index (χ4v) is 4.36. The van der Waals surface area contributed by atoms with E-state index in [0.29, 0.717) is 12.2 Å². The second kappa shape index (κ2) is 13.9. The highest BCUT2D eigenvalue weighted by Gasteiger charge is 2.21. The predicted molar refractivity (Wildman–Crippen MR) is 137 cm³/mol. The molecule has 34 heavy (non-hydrogen) atoms. The summed E-state index contributed by atoms with van der Waals surface area (Å²) in [4.78, 5) is 0. The molecule has 4 heteroatoms. The summed E-state index contributed by atoms with van der Waals surface area (Å²) in [7, 11) is 0. The third-order valence-electron chi connectivity index (χ3n) is 6.85. The number of ether oxygens (including phenoxy) is 4. The summed E-state index contributed by atoms with van der Waals surface area (Å²) in [5, 5.41) is 0. The molecule has 0 bridgehead atoms. The van der Waals surface area contributed by atoms with Gasteiger partial charge in [-0.3, -0.25) is 0 Å². The molecule has 2 heterocycles.